The standard InChI is InChI=1S/C22H26N4O3/c1-25(12-4-5-15-8-10-17(11-9-15)23-22(28)29-2)18-13-16-6-3-7-19-20(16)26(14-18)21(27)24-19/h3,6-11,18H,4-5,12-14H2,1-2H3,(H,23,28)(H,24,27). The molecular formula is C22H26N4O3. The number of hydrogen-bond acceptors (Lipinski definition) is 4. The highest BCUT2D eigenvalue weighted by Crippen LogP contribution is 2.24. The van der Waals surface area contributed by atoms with Crippen molar-refractivity contribution in [2.75, 3.05) is 26.0 Å². The fourth-order valence-electron chi connectivity index (χ4n) is 4.10. The van der Waals surface area contributed by atoms with Crippen LogP contribution in [0.2, 0.25) is 0 Å². The van der Waals surface area contributed by atoms with Gasteiger partial charge in [-0.05, 0) is 62.2 Å². The zero-order valence-electron chi connectivity index (χ0n) is 16.8. The molecule has 1 aliphatic rings. The summed E-state index contributed by atoms with van der Waals surface area (Å²) in [6.45, 7) is 1.68. The van der Waals surface area contributed by atoms with E-state index in [1.165, 1.54) is 18.2 Å². The van der Waals surface area contributed by atoms with E-state index in [1.807, 2.05) is 41.0 Å². The van der Waals surface area contributed by atoms with E-state index < -0.39 is 6.09 Å². The lowest BCUT2D eigenvalue weighted by Gasteiger charge is -2.31. The van der Waals surface area contributed by atoms with Crippen molar-refractivity contribution < 1.29 is 9.53 Å². The normalized spacial score (nSPS) is 15.6. The van der Waals surface area contributed by atoms with E-state index in [4.69, 9.17) is 0 Å². The van der Waals surface area contributed by atoms with Crippen LogP contribution in [0.4, 0.5) is 10.5 Å². The molecule has 0 bridgehead atoms. The molecule has 0 aliphatic carbocycles. The maximum atomic E-state index is 12.3. The maximum Gasteiger partial charge on any atom is 0.411 e. The van der Waals surface area contributed by atoms with Gasteiger partial charge in [0, 0.05) is 18.3 Å². The van der Waals surface area contributed by atoms with Gasteiger partial charge in [0.05, 0.1) is 18.1 Å². The van der Waals surface area contributed by atoms with Crippen LogP contribution in [0.15, 0.2) is 47.3 Å². The Bertz CT molecular complexity index is 1070. The third-order valence-corrected chi connectivity index (χ3v) is 5.71. The van der Waals surface area contributed by atoms with Crippen LogP contribution in [0, 0.1) is 0 Å². The van der Waals surface area contributed by atoms with Crippen LogP contribution >= 0.6 is 0 Å². The number of hydrogen-bond donors (Lipinski definition) is 2. The number of imidazole rings is 1. The summed E-state index contributed by atoms with van der Waals surface area (Å²) in [6.07, 6.45) is 2.47. The van der Waals surface area contributed by atoms with Gasteiger partial charge in [0.25, 0.3) is 0 Å². The number of aromatic amines is 1. The Morgan fingerprint density at radius 2 is 2.07 bits per heavy atom. The minimum atomic E-state index is -0.466. The van der Waals surface area contributed by atoms with Crippen molar-refractivity contribution in [3.8, 4) is 0 Å². The molecule has 2 N–H and O–H groups in total. The molecule has 4 rings (SSSR count). The van der Waals surface area contributed by atoms with Crippen LogP contribution in [-0.4, -0.2) is 47.3 Å². The Morgan fingerprint density at radius 3 is 2.83 bits per heavy atom. The van der Waals surface area contributed by atoms with Gasteiger partial charge >= 0.3 is 11.8 Å². The molecule has 0 saturated heterocycles. The third kappa shape index (κ3) is 4.05. The van der Waals surface area contributed by atoms with Crippen LogP contribution in [0.5, 0.6) is 0 Å². The molecule has 2 aromatic carbocycles. The van der Waals surface area contributed by atoms with Crippen molar-refractivity contribution in [1.82, 2.24) is 14.5 Å². The average molecular weight is 394 g/mol. The number of para-hydroxylation sites is 1. The first kappa shape index (κ1) is 19.3. The van der Waals surface area contributed by atoms with Crippen LogP contribution in [-0.2, 0) is 24.1 Å². The van der Waals surface area contributed by atoms with E-state index in [0.29, 0.717) is 6.04 Å². The molecule has 1 unspecified atom stereocenters. The molecule has 7 heteroatoms. The predicted octanol–water partition coefficient (Wildman–Crippen LogP) is 3.00. The smallest absolute Gasteiger partial charge is 0.411 e. The molecule has 0 fully saturated rings. The van der Waals surface area contributed by atoms with Gasteiger partial charge in [0.1, 0.15) is 0 Å². The number of aryl methyl sites for hydroxylation is 1. The van der Waals surface area contributed by atoms with Crippen molar-refractivity contribution in [2.45, 2.75) is 31.8 Å². The number of likely N-dealkylation sites (N-methyl/N-ethyl adjacent to an activating group) is 1. The molecular weight excluding hydrogens is 368 g/mol. The molecule has 29 heavy (non-hydrogen) atoms. The molecule has 1 amide bonds. The van der Waals surface area contributed by atoms with Crippen molar-refractivity contribution >= 4 is 22.8 Å². The van der Waals surface area contributed by atoms with E-state index in [-0.39, 0.29) is 5.69 Å². The summed E-state index contributed by atoms with van der Waals surface area (Å²) in [5, 5.41) is 2.66. The highest BCUT2D eigenvalue weighted by Gasteiger charge is 2.25. The highest BCUT2D eigenvalue weighted by molar-refractivity contribution is 5.84. The second kappa shape index (κ2) is 8.13. The van der Waals surface area contributed by atoms with Gasteiger partial charge in [-0.25, -0.2) is 9.59 Å². The SMILES string of the molecule is COC(=O)Nc1ccc(CCCN(C)C2Cc3cccc4[nH]c(=O)n(c34)C2)cc1. The third-order valence-electron chi connectivity index (χ3n) is 5.71. The Morgan fingerprint density at radius 1 is 1.28 bits per heavy atom. The second-order valence-corrected chi connectivity index (χ2v) is 7.61. The van der Waals surface area contributed by atoms with E-state index in [0.717, 1.165) is 49.1 Å². The quantitative estimate of drug-likeness (QED) is 0.674. The van der Waals surface area contributed by atoms with Crippen LogP contribution in [0.1, 0.15) is 17.5 Å². The topological polar surface area (TPSA) is 79.4 Å². The lowest BCUT2D eigenvalue weighted by Crippen LogP contribution is -2.42. The monoisotopic (exact) mass is 394 g/mol. The van der Waals surface area contributed by atoms with Gasteiger partial charge in [-0.3, -0.25) is 9.88 Å². The number of benzene rings is 2. The van der Waals surface area contributed by atoms with Crippen molar-refractivity contribution in [3.63, 3.8) is 0 Å². The van der Waals surface area contributed by atoms with Gasteiger partial charge in [0.15, 0.2) is 0 Å². The molecule has 1 atom stereocenters. The number of amides is 1. The Hall–Kier alpha value is -3.06. The number of nitrogens with one attached hydrogen (secondary N) is 2. The number of H-pyrrole nitrogens is 1. The number of nitrogens with zero attached hydrogens (tertiary/aromatic N) is 2. The minimum absolute atomic E-state index is 0.0220. The Kier molecular flexibility index (Phi) is 5.40. The molecule has 0 radical (unpaired) electrons. The van der Waals surface area contributed by atoms with Crippen molar-refractivity contribution in [2.24, 2.45) is 0 Å². The van der Waals surface area contributed by atoms with Gasteiger partial charge in [-0.1, -0.05) is 24.3 Å². The number of aromatic nitrogens is 2. The average Bonchev–Trinajstić information content (AvgIpc) is 3.06. The van der Waals surface area contributed by atoms with Crippen LogP contribution in [0.25, 0.3) is 11.0 Å². The first-order valence-corrected chi connectivity index (χ1v) is 9.89. The minimum Gasteiger partial charge on any atom is -0.453 e. The molecule has 1 aromatic heterocycles. The lowest BCUT2D eigenvalue weighted by atomic mass is 9.99. The molecule has 7 nitrogen and oxygen atoms in total. The number of carbonyl (C=O) groups excluding carboxylic acids is 1. The molecule has 0 saturated carbocycles. The van der Waals surface area contributed by atoms with E-state index in [2.05, 4.69) is 33.1 Å². The Labute approximate surface area is 169 Å². The zero-order valence-corrected chi connectivity index (χ0v) is 16.8. The predicted molar refractivity (Wildman–Crippen MR) is 113 cm³/mol. The molecule has 0 spiro atoms. The molecule has 1 aliphatic heterocycles. The van der Waals surface area contributed by atoms with Crippen LogP contribution < -0.4 is 11.0 Å². The summed E-state index contributed by atoms with van der Waals surface area (Å²) in [7, 11) is 3.48. The summed E-state index contributed by atoms with van der Waals surface area (Å²) in [4.78, 5) is 28.8. The first-order chi connectivity index (χ1) is 14.0. The lowest BCUT2D eigenvalue weighted by molar-refractivity contribution is 0.187. The number of ether oxygens (including phenoxy) is 1. The van der Waals surface area contributed by atoms with E-state index in [1.54, 1.807) is 0 Å². The van der Waals surface area contributed by atoms with Crippen molar-refractivity contribution in [1.29, 1.82) is 0 Å². The van der Waals surface area contributed by atoms with Crippen LogP contribution in [0.3, 0.4) is 0 Å². The fraction of sp³-hybridized carbons (Fsp3) is 0.364. The van der Waals surface area contributed by atoms with Gasteiger partial charge in [0.2, 0.25) is 0 Å². The number of anilines is 1. The number of rotatable bonds is 6. The summed E-state index contributed by atoms with van der Waals surface area (Å²) in [5.41, 5.74) is 5.15. The number of carbonyl (C=O) groups is 1. The second-order valence-electron chi connectivity index (χ2n) is 7.61. The van der Waals surface area contributed by atoms with Gasteiger partial charge in [-0.15, -0.1) is 0 Å². The fourth-order valence-corrected chi connectivity index (χ4v) is 4.10. The summed E-state index contributed by atoms with van der Waals surface area (Å²) in [5.74, 6) is 0. The summed E-state index contributed by atoms with van der Waals surface area (Å²) < 4.78 is 6.47. The van der Waals surface area contributed by atoms with E-state index in [9.17, 15) is 9.59 Å². The van der Waals surface area contributed by atoms with Gasteiger partial charge in [-0.2, -0.15) is 0 Å². The molecule has 152 valence electrons. The maximum absolute atomic E-state index is 12.3. The zero-order chi connectivity index (χ0) is 20.4. The van der Waals surface area contributed by atoms with E-state index >= 15 is 0 Å². The molecule has 3 aromatic rings. The van der Waals surface area contributed by atoms with Crippen molar-refractivity contribution in [3.05, 3.63) is 64.1 Å². The first-order valence-electron chi connectivity index (χ1n) is 9.89. The number of methoxy groups -OCH3 is 1. The largest absolute Gasteiger partial charge is 0.453 e. The summed E-state index contributed by atoms with van der Waals surface area (Å²) >= 11 is 0. The summed E-state index contributed by atoms with van der Waals surface area (Å²) in [6, 6.07) is 14.2. The molecule has 2 heterocycles. The Balaban J connectivity index is 1.32. The highest BCUT2D eigenvalue weighted by atomic mass is 16.5. The van der Waals surface area contributed by atoms with Gasteiger partial charge < -0.3 is 14.6 Å².